The van der Waals surface area contributed by atoms with Gasteiger partial charge >= 0.3 is 5.97 Å². The summed E-state index contributed by atoms with van der Waals surface area (Å²) in [6, 6.07) is 10.0. The van der Waals surface area contributed by atoms with E-state index in [1.807, 2.05) is 12.1 Å². The van der Waals surface area contributed by atoms with Gasteiger partial charge in [0.15, 0.2) is 0 Å². The maximum atomic E-state index is 13.3. The number of benzene rings is 1. The molecule has 1 aromatic heterocycles. The Morgan fingerprint density at radius 1 is 1.25 bits per heavy atom. The van der Waals surface area contributed by atoms with Crippen LogP contribution in [0, 0.1) is 17.7 Å². The van der Waals surface area contributed by atoms with E-state index in [-0.39, 0.29) is 24.3 Å². The van der Waals surface area contributed by atoms with Gasteiger partial charge in [0.1, 0.15) is 23.9 Å². The number of hydrogen-bond donors (Lipinski definition) is 1. The minimum absolute atomic E-state index is 0.127. The van der Waals surface area contributed by atoms with E-state index in [0.29, 0.717) is 24.6 Å². The van der Waals surface area contributed by atoms with E-state index in [9.17, 15) is 14.3 Å². The van der Waals surface area contributed by atoms with Crippen LogP contribution in [0.2, 0.25) is 0 Å². The Balaban J connectivity index is 1.44. The molecule has 1 aliphatic carbocycles. The van der Waals surface area contributed by atoms with Crippen LogP contribution in [0.15, 0.2) is 40.8 Å². The van der Waals surface area contributed by atoms with Gasteiger partial charge < -0.3 is 14.3 Å². The van der Waals surface area contributed by atoms with Gasteiger partial charge in [-0.15, -0.1) is 0 Å². The zero-order chi connectivity index (χ0) is 19.7. The van der Waals surface area contributed by atoms with Crippen LogP contribution in [0.1, 0.15) is 43.3 Å². The molecule has 1 aromatic carbocycles. The van der Waals surface area contributed by atoms with Crippen molar-refractivity contribution in [2.24, 2.45) is 11.8 Å². The van der Waals surface area contributed by atoms with E-state index >= 15 is 0 Å². The van der Waals surface area contributed by atoms with Gasteiger partial charge in [0, 0.05) is 25.9 Å². The fraction of sp³-hybridized carbons (Fsp3) is 0.500. The maximum absolute atomic E-state index is 13.3. The average molecular weight is 387 g/mol. The molecule has 5 nitrogen and oxygen atoms in total. The molecule has 1 saturated carbocycles. The number of hydrogen-bond acceptors (Lipinski definition) is 5. The lowest BCUT2D eigenvalue weighted by Gasteiger charge is -2.41. The fourth-order valence-corrected chi connectivity index (χ4v) is 4.82. The molecule has 1 saturated heterocycles. The van der Waals surface area contributed by atoms with Crippen molar-refractivity contribution in [3.05, 3.63) is 59.3 Å². The predicted molar refractivity (Wildman–Crippen MR) is 101 cm³/mol. The highest BCUT2D eigenvalue weighted by Crippen LogP contribution is 2.48. The van der Waals surface area contributed by atoms with E-state index in [1.165, 1.54) is 19.1 Å². The summed E-state index contributed by atoms with van der Waals surface area (Å²) in [5.74, 6) is 1.38. The molecule has 2 aliphatic rings. The Bertz CT molecular complexity index is 833. The molecule has 0 radical (unpaired) electrons. The smallest absolute Gasteiger partial charge is 0.303 e. The molecule has 2 heterocycles. The van der Waals surface area contributed by atoms with Crippen molar-refractivity contribution in [1.82, 2.24) is 4.90 Å². The first-order chi connectivity index (χ1) is 13.4. The van der Waals surface area contributed by atoms with Crippen molar-refractivity contribution < 1.29 is 23.4 Å². The number of likely N-dealkylation sites (tertiary alicyclic amines) is 1. The number of furan rings is 1. The van der Waals surface area contributed by atoms with E-state index in [2.05, 4.69) is 4.90 Å². The Labute approximate surface area is 164 Å². The summed E-state index contributed by atoms with van der Waals surface area (Å²) in [4.78, 5) is 13.2. The number of nitrogens with zero attached hydrogens (tertiary/aromatic N) is 1. The molecule has 28 heavy (non-hydrogen) atoms. The second-order valence-electron chi connectivity index (χ2n) is 8.03. The van der Waals surface area contributed by atoms with E-state index < -0.39 is 5.60 Å². The number of ether oxygens (including phenoxy) is 1. The van der Waals surface area contributed by atoms with Gasteiger partial charge in [-0.05, 0) is 55.0 Å². The monoisotopic (exact) mass is 387 g/mol. The Morgan fingerprint density at radius 3 is 2.75 bits per heavy atom. The SMILES string of the molecule is CC(=O)OCc1ccc(CN2C[C@@H]3CCC[C@@](O)(c4ccc(F)cc4)[C@@H]3C2)o1. The normalized spacial score (nSPS) is 27.5. The molecule has 2 fully saturated rings. The van der Waals surface area contributed by atoms with Crippen LogP contribution in [-0.4, -0.2) is 29.1 Å². The number of carbonyl (C=O) groups is 1. The molecule has 2 aromatic rings. The highest BCUT2D eigenvalue weighted by molar-refractivity contribution is 5.65. The first-order valence-corrected chi connectivity index (χ1v) is 9.86. The summed E-state index contributed by atoms with van der Waals surface area (Å²) < 4.78 is 24.1. The van der Waals surface area contributed by atoms with Crippen LogP contribution in [0.25, 0.3) is 0 Å². The van der Waals surface area contributed by atoms with Gasteiger partial charge in [-0.1, -0.05) is 12.1 Å². The zero-order valence-corrected chi connectivity index (χ0v) is 16.1. The van der Waals surface area contributed by atoms with E-state index in [4.69, 9.17) is 9.15 Å². The van der Waals surface area contributed by atoms with Gasteiger partial charge in [-0.25, -0.2) is 4.39 Å². The minimum atomic E-state index is -0.908. The Hall–Kier alpha value is -2.18. The molecular formula is C22H26FNO4. The summed E-state index contributed by atoms with van der Waals surface area (Å²) in [6.45, 7) is 3.86. The lowest BCUT2D eigenvalue weighted by molar-refractivity contribution is -0.142. The summed E-state index contributed by atoms with van der Waals surface area (Å²) in [5, 5.41) is 11.5. The number of rotatable bonds is 5. The molecule has 0 bridgehead atoms. The second-order valence-corrected chi connectivity index (χ2v) is 8.03. The first kappa shape index (κ1) is 19.2. The van der Waals surface area contributed by atoms with Crippen molar-refractivity contribution in [3.63, 3.8) is 0 Å². The quantitative estimate of drug-likeness (QED) is 0.795. The lowest BCUT2D eigenvalue weighted by atomic mass is 9.67. The summed E-state index contributed by atoms with van der Waals surface area (Å²) in [6.07, 6.45) is 2.78. The number of fused-ring (bicyclic) bond motifs is 1. The van der Waals surface area contributed by atoms with Gasteiger partial charge in [0.25, 0.3) is 0 Å². The zero-order valence-electron chi connectivity index (χ0n) is 16.1. The highest BCUT2D eigenvalue weighted by atomic mass is 19.1. The summed E-state index contributed by atoms with van der Waals surface area (Å²) in [5.41, 5.74) is -0.0956. The van der Waals surface area contributed by atoms with Gasteiger partial charge in [0.2, 0.25) is 0 Å². The predicted octanol–water partition coefficient (Wildman–Crippen LogP) is 3.60. The minimum Gasteiger partial charge on any atom is -0.461 e. The number of halogens is 1. The van der Waals surface area contributed by atoms with Gasteiger partial charge in [-0.2, -0.15) is 0 Å². The molecule has 0 unspecified atom stereocenters. The molecule has 0 spiro atoms. The largest absolute Gasteiger partial charge is 0.461 e. The first-order valence-electron chi connectivity index (χ1n) is 9.86. The van der Waals surface area contributed by atoms with Crippen LogP contribution in [0.4, 0.5) is 4.39 Å². The topological polar surface area (TPSA) is 62.9 Å². The second kappa shape index (κ2) is 7.68. The van der Waals surface area contributed by atoms with Crippen LogP contribution in [-0.2, 0) is 28.3 Å². The van der Waals surface area contributed by atoms with E-state index in [0.717, 1.165) is 37.3 Å². The molecule has 3 atom stereocenters. The van der Waals surface area contributed by atoms with Gasteiger partial charge in [0.05, 0.1) is 12.1 Å². The van der Waals surface area contributed by atoms with E-state index in [1.54, 1.807) is 12.1 Å². The lowest BCUT2D eigenvalue weighted by Crippen LogP contribution is -2.42. The third-order valence-corrected chi connectivity index (χ3v) is 6.12. The van der Waals surface area contributed by atoms with Crippen molar-refractivity contribution >= 4 is 5.97 Å². The Kier molecular flexibility index (Phi) is 5.25. The molecule has 6 heteroatoms. The maximum Gasteiger partial charge on any atom is 0.303 e. The molecule has 1 N–H and O–H groups in total. The highest BCUT2D eigenvalue weighted by Gasteiger charge is 2.49. The van der Waals surface area contributed by atoms with Crippen molar-refractivity contribution in [2.75, 3.05) is 13.1 Å². The molecule has 1 aliphatic heterocycles. The number of aliphatic hydroxyl groups is 1. The molecule has 150 valence electrons. The van der Waals surface area contributed by atoms with Crippen LogP contribution in [0.3, 0.4) is 0 Å². The fourth-order valence-electron chi connectivity index (χ4n) is 4.82. The van der Waals surface area contributed by atoms with Crippen molar-refractivity contribution in [1.29, 1.82) is 0 Å². The van der Waals surface area contributed by atoms with Crippen molar-refractivity contribution in [2.45, 2.75) is 44.9 Å². The average Bonchev–Trinajstić information content (AvgIpc) is 3.28. The van der Waals surface area contributed by atoms with Crippen molar-refractivity contribution in [3.8, 4) is 0 Å². The van der Waals surface area contributed by atoms with Gasteiger partial charge in [-0.3, -0.25) is 9.69 Å². The molecule has 4 rings (SSSR count). The molecule has 0 amide bonds. The van der Waals surface area contributed by atoms with Crippen LogP contribution < -0.4 is 0 Å². The van der Waals surface area contributed by atoms with Crippen LogP contribution >= 0.6 is 0 Å². The molecular weight excluding hydrogens is 361 g/mol. The number of esters is 1. The summed E-state index contributed by atoms with van der Waals surface area (Å²) >= 11 is 0. The summed E-state index contributed by atoms with van der Waals surface area (Å²) in [7, 11) is 0. The standard InChI is InChI=1S/C22H26FNO4/c1-15(25)27-14-20-9-8-19(28-20)12-24-11-16-3-2-10-22(26,21(16)13-24)17-4-6-18(23)7-5-17/h4-9,16,21,26H,2-3,10-14H2,1H3/t16-,21+,22+/m0/s1. The number of carbonyl (C=O) groups excluding carboxylic acids is 1. The Morgan fingerprint density at radius 2 is 2.00 bits per heavy atom. The van der Waals surface area contributed by atoms with Crippen LogP contribution in [0.5, 0.6) is 0 Å². The third-order valence-electron chi connectivity index (χ3n) is 6.12. The third kappa shape index (κ3) is 3.84.